The van der Waals surface area contributed by atoms with Crippen molar-refractivity contribution >= 4 is 23.5 Å². The molecule has 0 bridgehead atoms. The van der Waals surface area contributed by atoms with E-state index in [4.69, 9.17) is 9.47 Å². The van der Waals surface area contributed by atoms with Crippen molar-refractivity contribution in [3.8, 4) is 5.75 Å². The van der Waals surface area contributed by atoms with Crippen molar-refractivity contribution in [1.82, 2.24) is 9.88 Å². The molecule has 2 heterocycles. The molecule has 192 valence electrons. The normalized spacial score (nSPS) is 15.6. The molecule has 1 fully saturated rings. The molecule has 3 rings (SSSR count). The second-order valence-electron chi connectivity index (χ2n) is 9.94. The van der Waals surface area contributed by atoms with Gasteiger partial charge < -0.3 is 24.2 Å². The van der Waals surface area contributed by atoms with Crippen LogP contribution in [0.25, 0.3) is 0 Å². The summed E-state index contributed by atoms with van der Waals surface area (Å²) in [6, 6.07) is 11.1. The second kappa shape index (κ2) is 11.4. The van der Waals surface area contributed by atoms with Gasteiger partial charge in [0, 0.05) is 34.2 Å². The molecule has 1 atom stereocenters. The van der Waals surface area contributed by atoms with Gasteiger partial charge in [0.2, 0.25) is 0 Å². The minimum Gasteiger partial charge on any atom is -0.494 e. The number of nitrogens with zero attached hydrogens (tertiary/aromatic N) is 4. The minimum atomic E-state index is -0.519. The zero-order valence-electron chi connectivity index (χ0n) is 21.8. The fourth-order valence-electron chi connectivity index (χ4n) is 3.85. The molecule has 0 aliphatic carbocycles. The lowest BCUT2D eigenvalue weighted by atomic mass is 10.2. The fraction of sp³-hybridized carbons (Fsp3) is 0.519. The average molecular weight is 485 g/mol. The van der Waals surface area contributed by atoms with Gasteiger partial charge in [-0.25, -0.2) is 9.78 Å². The third-order valence-electron chi connectivity index (χ3n) is 6.01. The van der Waals surface area contributed by atoms with Crippen molar-refractivity contribution in [2.75, 3.05) is 43.6 Å². The van der Waals surface area contributed by atoms with E-state index in [1.165, 1.54) is 0 Å². The number of amides is 2. The predicted octanol–water partition coefficient (Wildman–Crippen LogP) is 5.23. The van der Waals surface area contributed by atoms with E-state index in [-0.39, 0.29) is 19.5 Å². The first-order valence-electron chi connectivity index (χ1n) is 12.3. The number of carbonyl (C=O) groups is 2. The van der Waals surface area contributed by atoms with Gasteiger partial charge >= 0.3 is 6.09 Å². The number of rotatable bonds is 8. The summed E-state index contributed by atoms with van der Waals surface area (Å²) in [7, 11) is 3.52. The van der Waals surface area contributed by atoms with E-state index >= 15 is 0 Å². The highest BCUT2D eigenvalue weighted by atomic mass is 16.6. The number of benzene rings is 1. The van der Waals surface area contributed by atoms with E-state index in [1.807, 2.05) is 45.0 Å². The van der Waals surface area contributed by atoms with Gasteiger partial charge in [0.1, 0.15) is 17.2 Å². The Morgan fingerprint density at radius 1 is 1.14 bits per heavy atom. The van der Waals surface area contributed by atoms with Crippen LogP contribution in [0.2, 0.25) is 0 Å². The Morgan fingerprint density at radius 2 is 1.86 bits per heavy atom. The largest absolute Gasteiger partial charge is 0.494 e. The Balaban J connectivity index is 0.00000456. The maximum absolute atomic E-state index is 12.9. The summed E-state index contributed by atoms with van der Waals surface area (Å²) in [6.45, 7) is 9.88. The van der Waals surface area contributed by atoms with Crippen LogP contribution in [0, 0.1) is 0 Å². The monoisotopic (exact) mass is 484 g/mol. The quantitative estimate of drug-likeness (QED) is 0.478. The van der Waals surface area contributed by atoms with Crippen LogP contribution in [0.15, 0.2) is 42.6 Å². The van der Waals surface area contributed by atoms with Crippen LogP contribution in [-0.4, -0.2) is 67.3 Å². The molecule has 2 aromatic rings. The third-order valence-corrected chi connectivity index (χ3v) is 6.01. The lowest BCUT2D eigenvalue weighted by Gasteiger charge is -2.28. The maximum atomic E-state index is 12.9. The molecular weight excluding hydrogens is 444 g/mol. The van der Waals surface area contributed by atoms with E-state index in [2.05, 4.69) is 16.8 Å². The molecular formula is C27H40N4O4. The number of likely N-dealkylation sites (N-methyl/N-ethyl adjacent to an activating group) is 1. The molecule has 0 saturated carbocycles. The Hall–Kier alpha value is -3.29. The third kappa shape index (κ3) is 7.10. The van der Waals surface area contributed by atoms with Crippen molar-refractivity contribution in [3.63, 3.8) is 0 Å². The number of aromatic nitrogens is 1. The summed E-state index contributed by atoms with van der Waals surface area (Å²) >= 11 is 0. The minimum absolute atomic E-state index is 0. The molecule has 1 unspecified atom stereocenters. The van der Waals surface area contributed by atoms with Crippen LogP contribution in [0.3, 0.4) is 0 Å². The van der Waals surface area contributed by atoms with Crippen LogP contribution >= 0.6 is 0 Å². The number of unbranched alkanes of at least 4 members (excludes halogenated alkanes) is 1. The summed E-state index contributed by atoms with van der Waals surface area (Å²) in [4.78, 5) is 35.3. The predicted molar refractivity (Wildman–Crippen MR) is 141 cm³/mol. The molecule has 2 amide bonds. The van der Waals surface area contributed by atoms with Crippen molar-refractivity contribution < 1.29 is 20.5 Å². The van der Waals surface area contributed by atoms with Gasteiger partial charge in [-0.05, 0) is 70.0 Å². The highest BCUT2D eigenvalue weighted by Gasteiger charge is 2.31. The molecule has 1 saturated heterocycles. The number of hydrogen-bond donors (Lipinski definition) is 0. The summed E-state index contributed by atoms with van der Waals surface area (Å²) in [5.74, 6) is 1.48. The molecule has 1 aromatic heterocycles. The van der Waals surface area contributed by atoms with Crippen LogP contribution in [0.1, 0.15) is 58.7 Å². The highest BCUT2D eigenvalue weighted by molar-refractivity contribution is 6.05. The second-order valence-corrected chi connectivity index (χ2v) is 9.94. The van der Waals surface area contributed by atoms with E-state index in [0.29, 0.717) is 24.4 Å². The Kier molecular flexibility index (Phi) is 8.59. The van der Waals surface area contributed by atoms with Gasteiger partial charge in [-0.15, -0.1) is 0 Å². The zero-order valence-corrected chi connectivity index (χ0v) is 21.8. The number of anilines is 2. The Morgan fingerprint density at radius 3 is 2.46 bits per heavy atom. The van der Waals surface area contributed by atoms with Gasteiger partial charge in [-0.3, -0.25) is 4.79 Å². The van der Waals surface area contributed by atoms with Gasteiger partial charge in [0.15, 0.2) is 0 Å². The molecule has 8 nitrogen and oxygen atoms in total. The summed E-state index contributed by atoms with van der Waals surface area (Å²) in [6.07, 6.45) is 4.32. The molecule has 0 N–H and O–H groups in total. The molecule has 1 aliphatic heterocycles. The van der Waals surface area contributed by atoms with E-state index in [0.717, 1.165) is 37.4 Å². The topological polar surface area (TPSA) is 75.2 Å². The molecule has 35 heavy (non-hydrogen) atoms. The Bertz CT molecular complexity index is 992. The van der Waals surface area contributed by atoms with Crippen LogP contribution in [0.5, 0.6) is 5.75 Å². The number of hydrogen-bond acceptors (Lipinski definition) is 6. The molecule has 8 heteroatoms. The maximum Gasteiger partial charge on any atom is 0.410 e. The SMILES string of the molecule is CCCCOc1ccc(C(=O)N(C)c2ccc(N3CCC(N(C)C(=O)OC(C)(C)C)C3)nc2)cc1.[HH]. The van der Waals surface area contributed by atoms with Gasteiger partial charge in [-0.1, -0.05) is 13.3 Å². The van der Waals surface area contributed by atoms with Crippen LogP contribution < -0.4 is 14.5 Å². The smallest absolute Gasteiger partial charge is 0.410 e. The van der Waals surface area contributed by atoms with Crippen LogP contribution in [-0.2, 0) is 4.74 Å². The van der Waals surface area contributed by atoms with E-state index < -0.39 is 5.60 Å². The number of carbonyl (C=O) groups excluding carboxylic acids is 2. The van der Waals surface area contributed by atoms with E-state index in [1.54, 1.807) is 42.2 Å². The molecule has 0 spiro atoms. The summed E-state index contributed by atoms with van der Waals surface area (Å²) in [5.41, 5.74) is 0.783. The first-order chi connectivity index (χ1) is 16.6. The van der Waals surface area contributed by atoms with Crippen LogP contribution in [0.4, 0.5) is 16.3 Å². The van der Waals surface area contributed by atoms with Crippen molar-refractivity contribution in [3.05, 3.63) is 48.2 Å². The van der Waals surface area contributed by atoms with Crippen molar-refractivity contribution in [1.29, 1.82) is 0 Å². The van der Waals surface area contributed by atoms with E-state index in [9.17, 15) is 9.59 Å². The molecule has 1 aliphatic rings. The summed E-state index contributed by atoms with van der Waals surface area (Å²) < 4.78 is 11.2. The first kappa shape index (κ1) is 26.3. The first-order valence-corrected chi connectivity index (χ1v) is 12.3. The summed E-state index contributed by atoms with van der Waals surface area (Å²) in [5, 5.41) is 0. The van der Waals surface area contributed by atoms with Crippen molar-refractivity contribution in [2.45, 2.75) is 58.6 Å². The number of pyridine rings is 1. The zero-order chi connectivity index (χ0) is 25.6. The number of ether oxygens (including phenoxy) is 2. The van der Waals surface area contributed by atoms with Crippen molar-refractivity contribution in [2.24, 2.45) is 0 Å². The average Bonchev–Trinajstić information content (AvgIpc) is 3.32. The van der Waals surface area contributed by atoms with Gasteiger partial charge in [-0.2, -0.15) is 0 Å². The fourth-order valence-corrected chi connectivity index (χ4v) is 3.85. The lowest BCUT2D eigenvalue weighted by Crippen LogP contribution is -2.42. The molecule has 0 radical (unpaired) electrons. The Labute approximate surface area is 210 Å². The standard InChI is InChI=1S/C27H38N4O4.H2/c1-7-8-17-34-23-12-9-20(10-13-23)25(32)29(5)21-11-14-24(28-18-21)31-16-15-22(19-31)30(6)26(33)35-27(2,3)4;/h9-14,18,22H,7-8,15-17,19H2,1-6H3;1H. The highest BCUT2D eigenvalue weighted by Crippen LogP contribution is 2.25. The van der Waals surface area contributed by atoms with Gasteiger partial charge in [0.25, 0.3) is 5.91 Å². The van der Waals surface area contributed by atoms with Gasteiger partial charge in [0.05, 0.1) is 24.5 Å². The molecule has 1 aromatic carbocycles. The lowest BCUT2D eigenvalue weighted by molar-refractivity contribution is 0.0237.